The Kier molecular flexibility index (Phi) is 3.77. The van der Waals surface area contributed by atoms with Crippen LogP contribution in [0.3, 0.4) is 0 Å². The maximum Gasteiger partial charge on any atom is 0.238 e. The van der Waals surface area contributed by atoms with E-state index in [-0.39, 0.29) is 0 Å². The van der Waals surface area contributed by atoms with Gasteiger partial charge < -0.3 is 9.47 Å². The van der Waals surface area contributed by atoms with E-state index in [1.54, 1.807) is 24.3 Å². The summed E-state index contributed by atoms with van der Waals surface area (Å²) in [5.41, 5.74) is 0. The van der Waals surface area contributed by atoms with Gasteiger partial charge >= 0.3 is 0 Å². The lowest BCUT2D eigenvalue weighted by atomic mass is 10.3. The maximum absolute atomic E-state index is 5.62. The van der Waals surface area contributed by atoms with Crippen LogP contribution in [0.4, 0.5) is 0 Å². The minimum atomic E-state index is 0.337. The van der Waals surface area contributed by atoms with Crippen molar-refractivity contribution in [3.8, 4) is 17.4 Å². The van der Waals surface area contributed by atoms with Crippen LogP contribution in [0.15, 0.2) is 36.4 Å². The highest BCUT2D eigenvalue weighted by molar-refractivity contribution is 6.29. The Bertz CT molecular complexity index is 471. The van der Waals surface area contributed by atoms with Crippen molar-refractivity contribution in [1.29, 1.82) is 0 Å². The van der Waals surface area contributed by atoms with Gasteiger partial charge in [0.2, 0.25) is 5.88 Å². The molecule has 5 heteroatoms. The molecule has 1 heterocycles. The lowest BCUT2D eigenvalue weighted by Crippen LogP contribution is -1.92. The number of rotatable bonds is 4. The molecule has 0 saturated heterocycles. The van der Waals surface area contributed by atoms with E-state index in [0.717, 1.165) is 5.75 Å². The summed E-state index contributed by atoms with van der Waals surface area (Å²) in [7, 11) is 0. The van der Waals surface area contributed by atoms with E-state index in [1.165, 1.54) is 0 Å². The van der Waals surface area contributed by atoms with Crippen LogP contribution in [0.1, 0.15) is 6.92 Å². The second kappa shape index (κ2) is 5.50. The molecule has 88 valence electrons. The molecule has 0 aliphatic carbocycles. The van der Waals surface area contributed by atoms with Gasteiger partial charge in [-0.1, -0.05) is 11.6 Å². The number of hydrogen-bond acceptors (Lipinski definition) is 4. The summed E-state index contributed by atoms with van der Waals surface area (Å²) in [6.45, 7) is 2.58. The van der Waals surface area contributed by atoms with E-state index in [0.29, 0.717) is 23.4 Å². The topological polar surface area (TPSA) is 44.2 Å². The SMILES string of the molecule is CCOc1ccc(Oc2ccc(Cl)nn2)cc1. The molecule has 0 fully saturated rings. The third kappa shape index (κ3) is 3.32. The first kappa shape index (κ1) is 11.7. The molecule has 2 rings (SSSR count). The van der Waals surface area contributed by atoms with Gasteiger partial charge in [-0.3, -0.25) is 0 Å². The molecule has 0 aliphatic rings. The lowest BCUT2D eigenvalue weighted by Gasteiger charge is -2.05. The van der Waals surface area contributed by atoms with Crippen molar-refractivity contribution in [2.75, 3.05) is 6.61 Å². The first-order valence-electron chi connectivity index (χ1n) is 5.18. The minimum Gasteiger partial charge on any atom is -0.494 e. The molecule has 0 saturated carbocycles. The summed E-state index contributed by atoms with van der Waals surface area (Å²) < 4.78 is 10.8. The number of hydrogen-bond donors (Lipinski definition) is 0. The second-order valence-electron chi connectivity index (χ2n) is 3.20. The first-order valence-corrected chi connectivity index (χ1v) is 5.55. The van der Waals surface area contributed by atoms with E-state index in [2.05, 4.69) is 10.2 Å². The molecule has 1 aromatic carbocycles. The molecule has 4 nitrogen and oxygen atoms in total. The Morgan fingerprint density at radius 3 is 2.29 bits per heavy atom. The highest BCUT2D eigenvalue weighted by atomic mass is 35.5. The van der Waals surface area contributed by atoms with E-state index in [9.17, 15) is 0 Å². The van der Waals surface area contributed by atoms with Crippen LogP contribution in [-0.4, -0.2) is 16.8 Å². The summed E-state index contributed by atoms with van der Waals surface area (Å²) in [4.78, 5) is 0. The van der Waals surface area contributed by atoms with Crippen molar-refractivity contribution in [2.24, 2.45) is 0 Å². The van der Waals surface area contributed by atoms with Gasteiger partial charge in [0.05, 0.1) is 6.61 Å². The highest BCUT2D eigenvalue weighted by Gasteiger charge is 2.00. The number of aromatic nitrogens is 2. The maximum atomic E-state index is 5.62. The van der Waals surface area contributed by atoms with Gasteiger partial charge in [-0.2, -0.15) is 0 Å². The number of nitrogens with zero attached hydrogens (tertiary/aromatic N) is 2. The van der Waals surface area contributed by atoms with Crippen molar-refractivity contribution in [3.05, 3.63) is 41.6 Å². The average Bonchev–Trinajstić information content (AvgIpc) is 2.35. The molecule has 0 spiro atoms. The first-order chi connectivity index (χ1) is 8.28. The Morgan fingerprint density at radius 1 is 1.00 bits per heavy atom. The fourth-order valence-electron chi connectivity index (χ4n) is 1.25. The Labute approximate surface area is 104 Å². The number of benzene rings is 1. The van der Waals surface area contributed by atoms with Gasteiger partial charge in [-0.25, -0.2) is 0 Å². The molecule has 0 aliphatic heterocycles. The molecule has 0 amide bonds. The van der Waals surface area contributed by atoms with Crippen LogP contribution in [0.5, 0.6) is 17.4 Å². The molecular weight excluding hydrogens is 240 g/mol. The van der Waals surface area contributed by atoms with E-state index >= 15 is 0 Å². The van der Waals surface area contributed by atoms with Crippen molar-refractivity contribution in [1.82, 2.24) is 10.2 Å². The normalized spacial score (nSPS) is 10.0. The zero-order chi connectivity index (χ0) is 12.1. The monoisotopic (exact) mass is 250 g/mol. The smallest absolute Gasteiger partial charge is 0.238 e. The molecule has 0 unspecified atom stereocenters. The lowest BCUT2D eigenvalue weighted by molar-refractivity contribution is 0.339. The van der Waals surface area contributed by atoms with Gasteiger partial charge in [-0.05, 0) is 37.3 Å². The molecule has 0 N–H and O–H groups in total. The van der Waals surface area contributed by atoms with Gasteiger partial charge in [0.15, 0.2) is 5.15 Å². The molecule has 2 aromatic rings. The van der Waals surface area contributed by atoms with Crippen molar-refractivity contribution in [2.45, 2.75) is 6.92 Å². The van der Waals surface area contributed by atoms with Crippen LogP contribution < -0.4 is 9.47 Å². The minimum absolute atomic E-state index is 0.337. The zero-order valence-electron chi connectivity index (χ0n) is 9.26. The average molecular weight is 251 g/mol. The molecule has 1 aromatic heterocycles. The molecule has 0 radical (unpaired) electrons. The van der Waals surface area contributed by atoms with Crippen LogP contribution in [0.25, 0.3) is 0 Å². The Hall–Kier alpha value is -1.81. The highest BCUT2D eigenvalue weighted by Crippen LogP contribution is 2.22. The summed E-state index contributed by atoms with van der Waals surface area (Å²) in [6, 6.07) is 10.6. The van der Waals surface area contributed by atoms with Gasteiger partial charge in [0.1, 0.15) is 11.5 Å². The molecular formula is C12H11ClN2O2. The Balaban J connectivity index is 2.05. The van der Waals surface area contributed by atoms with Gasteiger partial charge in [0, 0.05) is 6.07 Å². The molecule has 0 bridgehead atoms. The van der Waals surface area contributed by atoms with Crippen LogP contribution in [0, 0.1) is 0 Å². The van der Waals surface area contributed by atoms with Crippen molar-refractivity contribution in [3.63, 3.8) is 0 Å². The summed E-state index contributed by atoms with van der Waals surface area (Å²) >= 11 is 5.62. The van der Waals surface area contributed by atoms with E-state index in [1.807, 2.05) is 19.1 Å². The fourth-order valence-corrected chi connectivity index (χ4v) is 1.35. The number of halogens is 1. The largest absolute Gasteiger partial charge is 0.494 e. The van der Waals surface area contributed by atoms with Crippen LogP contribution in [-0.2, 0) is 0 Å². The Morgan fingerprint density at radius 2 is 1.71 bits per heavy atom. The fraction of sp³-hybridized carbons (Fsp3) is 0.167. The van der Waals surface area contributed by atoms with Gasteiger partial charge in [-0.15, -0.1) is 10.2 Å². The van der Waals surface area contributed by atoms with Crippen LogP contribution in [0.2, 0.25) is 5.15 Å². The van der Waals surface area contributed by atoms with Crippen molar-refractivity contribution >= 4 is 11.6 Å². The predicted molar refractivity (Wildman–Crippen MR) is 64.7 cm³/mol. The molecule has 0 atom stereocenters. The summed E-state index contributed by atoms with van der Waals surface area (Å²) in [5.74, 6) is 1.88. The third-order valence-corrected chi connectivity index (χ3v) is 2.17. The third-order valence-electron chi connectivity index (χ3n) is 1.96. The molecule has 17 heavy (non-hydrogen) atoms. The summed E-state index contributed by atoms with van der Waals surface area (Å²) in [6.07, 6.45) is 0. The summed E-state index contributed by atoms with van der Waals surface area (Å²) in [5, 5.41) is 7.82. The van der Waals surface area contributed by atoms with Gasteiger partial charge in [0.25, 0.3) is 0 Å². The standard InChI is InChI=1S/C12H11ClN2O2/c1-2-16-9-3-5-10(6-4-9)17-12-8-7-11(13)14-15-12/h3-8H,2H2,1H3. The quantitative estimate of drug-likeness (QED) is 0.835. The zero-order valence-corrected chi connectivity index (χ0v) is 10.0. The van der Waals surface area contributed by atoms with Crippen LogP contribution >= 0.6 is 11.6 Å². The van der Waals surface area contributed by atoms with E-state index in [4.69, 9.17) is 21.1 Å². The van der Waals surface area contributed by atoms with E-state index < -0.39 is 0 Å². The second-order valence-corrected chi connectivity index (χ2v) is 3.59. The van der Waals surface area contributed by atoms with Crippen molar-refractivity contribution < 1.29 is 9.47 Å². The number of ether oxygens (including phenoxy) is 2. The predicted octanol–water partition coefficient (Wildman–Crippen LogP) is 3.32.